The van der Waals surface area contributed by atoms with Crippen LogP contribution in [0.1, 0.15) is 37.3 Å². The van der Waals surface area contributed by atoms with Crippen molar-refractivity contribution in [3.63, 3.8) is 0 Å². The quantitative estimate of drug-likeness (QED) is 0.864. The molecule has 4 rings (SSSR count). The van der Waals surface area contributed by atoms with E-state index >= 15 is 0 Å². The Bertz CT molecular complexity index is 702. The van der Waals surface area contributed by atoms with Crippen molar-refractivity contribution >= 4 is 5.91 Å². The van der Waals surface area contributed by atoms with E-state index in [9.17, 15) is 4.79 Å². The van der Waals surface area contributed by atoms with Crippen LogP contribution in [-0.2, 0) is 11.2 Å². The highest BCUT2D eigenvalue weighted by molar-refractivity contribution is 5.80. The standard InChI is InChI=1S/C18H22N4O2/c1-24-17-5-3-2-4-13(17)10-18(23)22-14-6-7-15(22)12-16(11-14)21-9-8-19-20-21/h2-5,8-9,14-16H,6-7,10-12H2,1H3. The van der Waals surface area contributed by atoms with Crippen molar-refractivity contribution < 1.29 is 9.53 Å². The van der Waals surface area contributed by atoms with E-state index in [4.69, 9.17) is 4.74 Å². The molecule has 2 atom stereocenters. The van der Waals surface area contributed by atoms with Crippen LogP contribution in [0.5, 0.6) is 5.75 Å². The number of rotatable bonds is 4. The number of hydrogen-bond donors (Lipinski definition) is 0. The van der Waals surface area contributed by atoms with Crippen LogP contribution in [-0.4, -0.2) is 45.0 Å². The lowest BCUT2D eigenvalue weighted by Gasteiger charge is -2.39. The van der Waals surface area contributed by atoms with Crippen LogP contribution < -0.4 is 4.74 Å². The molecule has 3 heterocycles. The van der Waals surface area contributed by atoms with Crippen molar-refractivity contribution in [1.82, 2.24) is 19.9 Å². The fourth-order valence-electron chi connectivity index (χ4n) is 4.29. The minimum atomic E-state index is 0.212. The first-order chi connectivity index (χ1) is 11.8. The summed E-state index contributed by atoms with van der Waals surface area (Å²) in [5.74, 6) is 1.000. The molecule has 2 aromatic rings. The Hall–Kier alpha value is -2.37. The Labute approximate surface area is 141 Å². The van der Waals surface area contributed by atoms with Crippen LogP contribution in [0.15, 0.2) is 36.7 Å². The smallest absolute Gasteiger partial charge is 0.227 e. The Kier molecular flexibility index (Phi) is 3.96. The molecule has 2 aliphatic rings. The Morgan fingerprint density at radius 2 is 1.96 bits per heavy atom. The highest BCUT2D eigenvalue weighted by Gasteiger charge is 2.43. The second kappa shape index (κ2) is 6.26. The fraction of sp³-hybridized carbons (Fsp3) is 0.500. The first-order valence-corrected chi connectivity index (χ1v) is 8.55. The second-order valence-electron chi connectivity index (χ2n) is 6.68. The van der Waals surface area contributed by atoms with Crippen molar-refractivity contribution in [2.45, 2.75) is 50.2 Å². The predicted octanol–water partition coefficient (Wildman–Crippen LogP) is 2.22. The molecule has 6 heteroatoms. The van der Waals surface area contributed by atoms with E-state index in [0.29, 0.717) is 24.5 Å². The number of nitrogens with zero attached hydrogens (tertiary/aromatic N) is 4. The lowest BCUT2D eigenvalue weighted by atomic mass is 9.96. The van der Waals surface area contributed by atoms with Gasteiger partial charge in [-0.05, 0) is 31.7 Å². The monoisotopic (exact) mass is 326 g/mol. The molecule has 0 N–H and O–H groups in total. The van der Waals surface area contributed by atoms with Crippen LogP contribution in [0, 0.1) is 0 Å². The number of hydrogen-bond acceptors (Lipinski definition) is 4. The summed E-state index contributed by atoms with van der Waals surface area (Å²) in [7, 11) is 1.65. The molecule has 126 valence electrons. The van der Waals surface area contributed by atoms with Crippen LogP contribution in [0.4, 0.5) is 0 Å². The van der Waals surface area contributed by atoms with Gasteiger partial charge in [-0.3, -0.25) is 4.79 Å². The van der Waals surface area contributed by atoms with Crippen molar-refractivity contribution in [2.75, 3.05) is 7.11 Å². The summed E-state index contributed by atoms with van der Waals surface area (Å²) in [6, 6.07) is 8.77. The molecule has 2 fully saturated rings. The van der Waals surface area contributed by atoms with Gasteiger partial charge in [0.05, 0.1) is 25.8 Å². The average Bonchev–Trinajstić information content (AvgIpc) is 3.22. The summed E-state index contributed by atoms with van der Waals surface area (Å²) in [6.07, 6.45) is 8.18. The van der Waals surface area contributed by atoms with E-state index in [1.807, 2.05) is 35.1 Å². The van der Waals surface area contributed by atoms with E-state index in [0.717, 1.165) is 37.0 Å². The molecular weight excluding hydrogens is 304 g/mol. The van der Waals surface area contributed by atoms with Crippen LogP contribution >= 0.6 is 0 Å². The molecule has 1 aromatic heterocycles. The van der Waals surface area contributed by atoms with Crippen LogP contribution in [0.2, 0.25) is 0 Å². The third kappa shape index (κ3) is 2.66. The lowest BCUT2D eigenvalue weighted by Crippen LogP contribution is -2.47. The number of piperidine rings is 1. The van der Waals surface area contributed by atoms with Crippen molar-refractivity contribution in [3.05, 3.63) is 42.2 Å². The Morgan fingerprint density at radius 3 is 2.62 bits per heavy atom. The third-order valence-corrected chi connectivity index (χ3v) is 5.35. The fourth-order valence-corrected chi connectivity index (χ4v) is 4.29. The van der Waals surface area contributed by atoms with E-state index in [1.165, 1.54) is 0 Å². The van der Waals surface area contributed by atoms with Crippen molar-refractivity contribution in [1.29, 1.82) is 0 Å². The maximum atomic E-state index is 12.9. The zero-order valence-corrected chi connectivity index (χ0v) is 13.8. The SMILES string of the molecule is COc1ccccc1CC(=O)N1C2CCC1CC(n1ccnn1)C2. The van der Waals surface area contributed by atoms with Gasteiger partial charge in [-0.1, -0.05) is 23.4 Å². The molecule has 24 heavy (non-hydrogen) atoms. The zero-order valence-electron chi connectivity index (χ0n) is 13.8. The molecule has 1 aromatic carbocycles. The Balaban J connectivity index is 1.48. The summed E-state index contributed by atoms with van der Waals surface area (Å²) >= 11 is 0. The van der Waals surface area contributed by atoms with E-state index in [2.05, 4.69) is 15.2 Å². The van der Waals surface area contributed by atoms with E-state index in [-0.39, 0.29) is 5.91 Å². The van der Waals surface area contributed by atoms with Gasteiger partial charge in [-0.25, -0.2) is 4.68 Å². The number of fused-ring (bicyclic) bond motifs is 2. The molecular formula is C18H22N4O2. The number of methoxy groups -OCH3 is 1. The van der Waals surface area contributed by atoms with Crippen LogP contribution in [0.25, 0.3) is 0 Å². The lowest BCUT2D eigenvalue weighted by molar-refractivity contribution is -0.135. The molecule has 2 saturated heterocycles. The largest absolute Gasteiger partial charge is 0.496 e. The first-order valence-electron chi connectivity index (χ1n) is 8.55. The van der Waals surface area contributed by atoms with Gasteiger partial charge in [0.15, 0.2) is 0 Å². The minimum Gasteiger partial charge on any atom is -0.496 e. The molecule has 2 unspecified atom stereocenters. The molecule has 0 spiro atoms. The van der Waals surface area contributed by atoms with Gasteiger partial charge in [0.25, 0.3) is 0 Å². The van der Waals surface area contributed by atoms with Gasteiger partial charge in [0.1, 0.15) is 5.75 Å². The predicted molar refractivity (Wildman–Crippen MR) is 88.6 cm³/mol. The maximum absolute atomic E-state index is 12.9. The average molecular weight is 326 g/mol. The topological polar surface area (TPSA) is 60.2 Å². The van der Waals surface area contributed by atoms with E-state index in [1.54, 1.807) is 13.3 Å². The minimum absolute atomic E-state index is 0.212. The summed E-state index contributed by atoms with van der Waals surface area (Å²) in [5, 5.41) is 8.06. The molecule has 0 aliphatic carbocycles. The number of para-hydroxylation sites is 1. The summed E-state index contributed by atoms with van der Waals surface area (Å²) in [5.41, 5.74) is 0.961. The number of ether oxygens (including phenoxy) is 1. The normalized spacial score (nSPS) is 25.7. The molecule has 0 radical (unpaired) electrons. The van der Waals surface area contributed by atoms with Crippen molar-refractivity contribution in [3.8, 4) is 5.75 Å². The maximum Gasteiger partial charge on any atom is 0.227 e. The first kappa shape index (κ1) is 15.2. The summed E-state index contributed by atoms with van der Waals surface area (Å²) < 4.78 is 7.33. The molecule has 0 saturated carbocycles. The van der Waals surface area contributed by atoms with Crippen molar-refractivity contribution in [2.24, 2.45) is 0 Å². The van der Waals surface area contributed by atoms with Gasteiger partial charge >= 0.3 is 0 Å². The van der Waals surface area contributed by atoms with Gasteiger partial charge in [0, 0.05) is 23.8 Å². The number of benzene rings is 1. The molecule has 1 amide bonds. The van der Waals surface area contributed by atoms with Gasteiger partial charge in [-0.15, -0.1) is 5.10 Å². The van der Waals surface area contributed by atoms with E-state index < -0.39 is 0 Å². The molecule has 6 nitrogen and oxygen atoms in total. The van der Waals surface area contributed by atoms with Gasteiger partial charge in [0.2, 0.25) is 5.91 Å². The number of aromatic nitrogens is 3. The van der Waals surface area contributed by atoms with Crippen LogP contribution in [0.3, 0.4) is 0 Å². The number of amides is 1. The van der Waals surface area contributed by atoms with Gasteiger partial charge < -0.3 is 9.64 Å². The summed E-state index contributed by atoms with van der Waals surface area (Å²) in [6.45, 7) is 0. The second-order valence-corrected chi connectivity index (χ2v) is 6.68. The number of carbonyl (C=O) groups excluding carboxylic acids is 1. The molecule has 2 aliphatic heterocycles. The van der Waals surface area contributed by atoms with Gasteiger partial charge in [-0.2, -0.15) is 0 Å². The highest BCUT2D eigenvalue weighted by atomic mass is 16.5. The number of carbonyl (C=O) groups is 1. The highest BCUT2D eigenvalue weighted by Crippen LogP contribution is 2.41. The summed E-state index contributed by atoms with van der Waals surface area (Å²) in [4.78, 5) is 15.1. The Morgan fingerprint density at radius 1 is 1.21 bits per heavy atom. The molecule has 2 bridgehead atoms. The third-order valence-electron chi connectivity index (χ3n) is 5.35. The zero-order chi connectivity index (χ0) is 16.5.